The van der Waals surface area contributed by atoms with Crippen LogP contribution >= 0.6 is 8.58 Å². The molecule has 0 atom stereocenters. The van der Waals surface area contributed by atoms with Crippen LogP contribution in [0.4, 0.5) is 0 Å². The van der Waals surface area contributed by atoms with Gasteiger partial charge in [-0.1, -0.05) is 32.8 Å². The van der Waals surface area contributed by atoms with Crippen LogP contribution in [0.15, 0.2) is 48.5 Å². The zero-order valence-corrected chi connectivity index (χ0v) is 11.4. The van der Waals surface area contributed by atoms with Crippen molar-refractivity contribution in [2.75, 3.05) is 14.2 Å². The van der Waals surface area contributed by atoms with Crippen molar-refractivity contribution in [2.45, 2.75) is 0 Å². The SMILES string of the molecule is COc1ccc(Pc2ccc(OC)cc2)cc1.O. The lowest BCUT2D eigenvalue weighted by molar-refractivity contribution is 0.415. The van der Waals surface area contributed by atoms with Crippen LogP contribution in [0.5, 0.6) is 11.5 Å². The molecule has 18 heavy (non-hydrogen) atoms. The van der Waals surface area contributed by atoms with E-state index >= 15 is 0 Å². The average Bonchev–Trinajstić information content (AvgIpc) is 2.40. The maximum Gasteiger partial charge on any atom is 0.118 e. The number of ether oxygens (including phenoxy) is 2. The van der Waals surface area contributed by atoms with E-state index in [1.807, 2.05) is 24.3 Å². The third kappa shape index (κ3) is 3.73. The Balaban J connectivity index is 0.00000162. The van der Waals surface area contributed by atoms with Crippen LogP contribution in [0.2, 0.25) is 0 Å². The van der Waals surface area contributed by atoms with Gasteiger partial charge in [0.15, 0.2) is 0 Å². The van der Waals surface area contributed by atoms with E-state index in [0.29, 0.717) is 8.58 Å². The summed E-state index contributed by atoms with van der Waals surface area (Å²) in [6.07, 6.45) is 0. The normalized spacial score (nSPS) is 9.44. The first kappa shape index (κ1) is 14.5. The predicted molar refractivity (Wildman–Crippen MR) is 77.2 cm³/mol. The van der Waals surface area contributed by atoms with E-state index in [9.17, 15) is 0 Å². The molecule has 2 aromatic carbocycles. The summed E-state index contributed by atoms with van der Waals surface area (Å²) in [7, 11) is 4.02. The van der Waals surface area contributed by atoms with Gasteiger partial charge in [0.1, 0.15) is 11.5 Å². The molecule has 0 saturated carbocycles. The van der Waals surface area contributed by atoms with Crippen LogP contribution in [0.25, 0.3) is 0 Å². The maximum atomic E-state index is 5.14. The quantitative estimate of drug-likeness (QED) is 0.786. The highest BCUT2D eigenvalue weighted by atomic mass is 31.1. The minimum Gasteiger partial charge on any atom is -0.497 e. The van der Waals surface area contributed by atoms with Gasteiger partial charge in [-0.05, 0) is 34.9 Å². The molecule has 0 radical (unpaired) electrons. The van der Waals surface area contributed by atoms with Crippen LogP contribution in [0.1, 0.15) is 0 Å². The molecule has 0 bridgehead atoms. The van der Waals surface area contributed by atoms with Gasteiger partial charge in [0.05, 0.1) is 14.2 Å². The summed E-state index contributed by atoms with van der Waals surface area (Å²) in [6, 6.07) is 16.4. The van der Waals surface area contributed by atoms with Crippen molar-refractivity contribution in [3.05, 3.63) is 48.5 Å². The molecule has 0 aromatic heterocycles. The van der Waals surface area contributed by atoms with Crippen molar-refractivity contribution in [2.24, 2.45) is 0 Å². The fraction of sp³-hybridized carbons (Fsp3) is 0.143. The number of rotatable bonds is 4. The van der Waals surface area contributed by atoms with Crippen LogP contribution < -0.4 is 20.1 Å². The second-order valence-electron chi connectivity index (χ2n) is 3.58. The van der Waals surface area contributed by atoms with E-state index in [1.165, 1.54) is 10.6 Å². The predicted octanol–water partition coefficient (Wildman–Crippen LogP) is 1.51. The van der Waals surface area contributed by atoms with Gasteiger partial charge in [0.25, 0.3) is 0 Å². The topological polar surface area (TPSA) is 50.0 Å². The number of hydrogen-bond donors (Lipinski definition) is 0. The maximum absolute atomic E-state index is 5.14. The largest absolute Gasteiger partial charge is 0.497 e. The second kappa shape index (κ2) is 7.00. The van der Waals surface area contributed by atoms with Crippen LogP contribution in [0, 0.1) is 0 Å². The lowest BCUT2D eigenvalue weighted by Gasteiger charge is -2.05. The molecule has 0 aliphatic carbocycles. The fourth-order valence-electron chi connectivity index (χ4n) is 1.52. The Bertz CT molecular complexity index is 420. The van der Waals surface area contributed by atoms with E-state index in [0.717, 1.165) is 11.5 Å². The Morgan fingerprint density at radius 2 is 1.00 bits per heavy atom. The van der Waals surface area contributed by atoms with E-state index in [2.05, 4.69) is 24.3 Å². The highest BCUT2D eigenvalue weighted by Crippen LogP contribution is 2.16. The van der Waals surface area contributed by atoms with Gasteiger partial charge in [0.2, 0.25) is 0 Å². The molecule has 0 spiro atoms. The molecule has 3 nitrogen and oxygen atoms in total. The Kier molecular flexibility index (Phi) is 5.63. The fourth-order valence-corrected chi connectivity index (χ4v) is 2.52. The highest BCUT2D eigenvalue weighted by molar-refractivity contribution is 7.55. The van der Waals surface area contributed by atoms with Crippen molar-refractivity contribution in [1.29, 1.82) is 0 Å². The van der Waals surface area contributed by atoms with Crippen LogP contribution in [-0.4, -0.2) is 19.7 Å². The van der Waals surface area contributed by atoms with Crippen molar-refractivity contribution in [3.8, 4) is 11.5 Å². The smallest absolute Gasteiger partial charge is 0.118 e. The van der Waals surface area contributed by atoms with E-state index in [-0.39, 0.29) is 5.48 Å². The monoisotopic (exact) mass is 264 g/mol. The molecule has 96 valence electrons. The lowest BCUT2D eigenvalue weighted by Crippen LogP contribution is -2.02. The third-order valence-electron chi connectivity index (χ3n) is 2.47. The lowest BCUT2D eigenvalue weighted by atomic mass is 10.3. The van der Waals surface area contributed by atoms with Crippen molar-refractivity contribution in [1.82, 2.24) is 0 Å². The minimum atomic E-state index is 0. The molecular formula is C14H17O3P. The van der Waals surface area contributed by atoms with E-state index in [4.69, 9.17) is 9.47 Å². The Morgan fingerprint density at radius 3 is 1.28 bits per heavy atom. The Labute approximate surface area is 109 Å². The molecule has 0 amide bonds. The van der Waals surface area contributed by atoms with Crippen molar-refractivity contribution in [3.63, 3.8) is 0 Å². The summed E-state index contributed by atoms with van der Waals surface area (Å²) in [5, 5.41) is 2.60. The Morgan fingerprint density at radius 1 is 0.667 bits per heavy atom. The van der Waals surface area contributed by atoms with Gasteiger partial charge < -0.3 is 14.9 Å². The molecule has 2 aromatic rings. The van der Waals surface area contributed by atoms with E-state index < -0.39 is 0 Å². The summed E-state index contributed by atoms with van der Waals surface area (Å²) in [4.78, 5) is 0. The second-order valence-corrected chi connectivity index (χ2v) is 4.99. The average molecular weight is 264 g/mol. The summed E-state index contributed by atoms with van der Waals surface area (Å²) < 4.78 is 10.3. The van der Waals surface area contributed by atoms with Gasteiger partial charge >= 0.3 is 0 Å². The van der Waals surface area contributed by atoms with Gasteiger partial charge in [-0.25, -0.2) is 0 Å². The minimum absolute atomic E-state index is 0. The molecule has 0 aliphatic rings. The van der Waals surface area contributed by atoms with Gasteiger partial charge in [0, 0.05) is 0 Å². The molecular weight excluding hydrogens is 247 g/mol. The standard InChI is InChI=1S/C14H15O2P.H2O/c1-15-11-3-7-13(8-4-11)17-14-9-5-12(16-2)6-10-14;/h3-10,17H,1-2H3;1H2. The number of methoxy groups -OCH3 is 2. The molecule has 0 aliphatic heterocycles. The molecule has 0 heterocycles. The first-order valence-electron chi connectivity index (χ1n) is 5.37. The number of benzene rings is 2. The molecule has 0 unspecified atom stereocenters. The summed E-state index contributed by atoms with van der Waals surface area (Å²) in [6.45, 7) is 0. The highest BCUT2D eigenvalue weighted by Gasteiger charge is 1.98. The summed E-state index contributed by atoms with van der Waals surface area (Å²) in [5.74, 6) is 1.79. The third-order valence-corrected chi connectivity index (χ3v) is 3.71. The zero-order valence-electron chi connectivity index (χ0n) is 10.4. The first-order chi connectivity index (χ1) is 8.31. The molecule has 2 N–H and O–H groups in total. The molecule has 0 fully saturated rings. The molecule has 0 saturated heterocycles. The Hall–Kier alpha value is -1.57. The molecule has 2 rings (SSSR count). The van der Waals surface area contributed by atoms with Crippen LogP contribution in [0.3, 0.4) is 0 Å². The van der Waals surface area contributed by atoms with Crippen molar-refractivity contribution >= 4 is 19.2 Å². The van der Waals surface area contributed by atoms with Gasteiger partial charge in [-0.15, -0.1) is 0 Å². The van der Waals surface area contributed by atoms with Crippen molar-refractivity contribution < 1.29 is 14.9 Å². The van der Waals surface area contributed by atoms with E-state index in [1.54, 1.807) is 14.2 Å². The zero-order chi connectivity index (χ0) is 12.1. The van der Waals surface area contributed by atoms with Gasteiger partial charge in [-0.3, -0.25) is 0 Å². The number of hydrogen-bond acceptors (Lipinski definition) is 2. The first-order valence-corrected chi connectivity index (χ1v) is 6.37. The van der Waals surface area contributed by atoms with Gasteiger partial charge in [-0.2, -0.15) is 0 Å². The summed E-state index contributed by atoms with van der Waals surface area (Å²) >= 11 is 0. The van der Waals surface area contributed by atoms with Crippen LogP contribution in [-0.2, 0) is 0 Å². The molecule has 4 heteroatoms. The summed E-state index contributed by atoms with van der Waals surface area (Å²) in [5.41, 5.74) is 0.